The average Bonchev–Trinajstić information content (AvgIpc) is 3.04. The van der Waals surface area contributed by atoms with E-state index >= 15 is 0 Å². The number of rotatable bonds is 8. The number of nitrogens with zero attached hydrogens (tertiary/aromatic N) is 2. The molecule has 1 aromatic heterocycles. The number of aromatic nitrogens is 2. The first-order valence-corrected chi connectivity index (χ1v) is 10.7. The van der Waals surface area contributed by atoms with Gasteiger partial charge in [0.05, 0.1) is 23.3 Å². The number of fused-ring (bicyclic) bond motifs is 1. The second kappa shape index (κ2) is 8.35. The van der Waals surface area contributed by atoms with E-state index in [-0.39, 0.29) is 12.3 Å². The lowest BCUT2D eigenvalue weighted by Gasteiger charge is -2.15. The van der Waals surface area contributed by atoms with Gasteiger partial charge >= 0.3 is 0 Å². The third kappa shape index (κ3) is 5.40. The fourth-order valence-corrected chi connectivity index (χ4v) is 4.23. The third-order valence-corrected chi connectivity index (χ3v) is 5.96. The molecule has 0 radical (unpaired) electrons. The zero-order valence-corrected chi connectivity index (χ0v) is 16.1. The standard InChI is InChI=1S/C20H23N3O3S/c1-23(14-19-21-17-11-5-6-12-18(17)22-19)20(24)15-27(25,26)13-7-10-16-8-3-2-4-9-16/h2-6,8-9,11-12H,7,10,13-15H2,1H3,(H,21,22). The molecule has 0 saturated heterocycles. The average molecular weight is 385 g/mol. The van der Waals surface area contributed by atoms with Crippen LogP contribution in [0.5, 0.6) is 0 Å². The van der Waals surface area contributed by atoms with Gasteiger partial charge in [-0.2, -0.15) is 0 Å². The van der Waals surface area contributed by atoms with Gasteiger partial charge in [-0.3, -0.25) is 4.79 Å². The number of aromatic amines is 1. The minimum Gasteiger partial charge on any atom is -0.340 e. The molecule has 0 saturated carbocycles. The molecule has 142 valence electrons. The van der Waals surface area contributed by atoms with Crippen molar-refractivity contribution in [2.75, 3.05) is 18.6 Å². The smallest absolute Gasteiger partial charge is 0.237 e. The SMILES string of the molecule is CN(Cc1nc2ccccc2[nH]1)C(=O)CS(=O)(=O)CCCc1ccccc1. The van der Waals surface area contributed by atoms with Crippen molar-refractivity contribution in [2.24, 2.45) is 0 Å². The predicted molar refractivity (Wildman–Crippen MR) is 106 cm³/mol. The summed E-state index contributed by atoms with van der Waals surface area (Å²) in [6, 6.07) is 17.3. The molecule has 0 aliphatic heterocycles. The van der Waals surface area contributed by atoms with E-state index in [0.29, 0.717) is 18.7 Å². The van der Waals surface area contributed by atoms with E-state index in [1.807, 2.05) is 54.6 Å². The normalized spacial score (nSPS) is 11.6. The van der Waals surface area contributed by atoms with Gasteiger partial charge in [0.25, 0.3) is 0 Å². The Labute approximate surface area is 159 Å². The van der Waals surface area contributed by atoms with Gasteiger partial charge in [-0.15, -0.1) is 0 Å². The Bertz CT molecular complexity index is 980. The van der Waals surface area contributed by atoms with Crippen LogP contribution < -0.4 is 0 Å². The molecule has 0 atom stereocenters. The number of sulfone groups is 1. The van der Waals surface area contributed by atoms with E-state index in [9.17, 15) is 13.2 Å². The summed E-state index contributed by atoms with van der Waals surface area (Å²) < 4.78 is 24.5. The molecule has 7 heteroatoms. The fraction of sp³-hybridized carbons (Fsp3) is 0.300. The minimum atomic E-state index is -3.43. The number of carbonyl (C=O) groups is 1. The van der Waals surface area contributed by atoms with Crippen LogP contribution >= 0.6 is 0 Å². The maximum Gasteiger partial charge on any atom is 0.237 e. The molecule has 1 N–H and O–H groups in total. The van der Waals surface area contributed by atoms with Crippen molar-refractivity contribution in [1.82, 2.24) is 14.9 Å². The number of carbonyl (C=O) groups excluding carboxylic acids is 1. The van der Waals surface area contributed by atoms with Crippen LogP contribution in [0, 0.1) is 0 Å². The first-order chi connectivity index (χ1) is 12.9. The molecular formula is C20H23N3O3S. The fourth-order valence-electron chi connectivity index (χ4n) is 2.90. The summed E-state index contributed by atoms with van der Waals surface area (Å²) in [7, 11) is -1.84. The Hall–Kier alpha value is -2.67. The zero-order chi connectivity index (χ0) is 19.3. The molecule has 0 aliphatic rings. The summed E-state index contributed by atoms with van der Waals surface area (Å²) in [6.07, 6.45) is 1.19. The van der Waals surface area contributed by atoms with E-state index in [1.54, 1.807) is 7.05 Å². The highest BCUT2D eigenvalue weighted by Gasteiger charge is 2.20. The van der Waals surface area contributed by atoms with E-state index in [0.717, 1.165) is 16.6 Å². The highest BCUT2D eigenvalue weighted by atomic mass is 32.2. The maximum atomic E-state index is 12.3. The highest BCUT2D eigenvalue weighted by molar-refractivity contribution is 7.92. The van der Waals surface area contributed by atoms with E-state index in [2.05, 4.69) is 9.97 Å². The number of hydrogen-bond donors (Lipinski definition) is 1. The summed E-state index contributed by atoms with van der Waals surface area (Å²) in [4.78, 5) is 21.3. The molecule has 1 amide bonds. The summed E-state index contributed by atoms with van der Waals surface area (Å²) in [5.41, 5.74) is 2.81. The van der Waals surface area contributed by atoms with Gasteiger partial charge < -0.3 is 9.88 Å². The highest BCUT2D eigenvalue weighted by Crippen LogP contribution is 2.12. The topological polar surface area (TPSA) is 83.1 Å². The van der Waals surface area contributed by atoms with E-state index in [4.69, 9.17) is 0 Å². The van der Waals surface area contributed by atoms with Crippen molar-refractivity contribution in [3.8, 4) is 0 Å². The second-order valence-corrected chi connectivity index (χ2v) is 8.82. The largest absolute Gasteiger partial charge is 0.340 e. The van der Waals surface area contributed by atoms with Gasteiger partial charge in [-0.1, -0.05) is 42.5 Å². The molecule has 6 nitrogen and oxygen atoms in total. The molecule has 0 fully saturated rings. The molecular weight excluding hydrogens is 362 g/mol. The second-order valence-electron chi connectivity index (χ2n) is 6.63. The Balaban J connectivity index is 1.51. The van der Waals surface area contributed by atoms with Gasteiger partial charge in [0.2, 0.25) is 5.91 Å². The molecule has 1 heterocycles. The van der Waals surface area contributed by atoms with Crippen LogP contribution in [0.15, 0.2) is 54.6 Å². The molecule has 0 unspecified atom stereocenters. The zero-order valence-electron chi connectivity index (χ0n) is 15.3. The molecule has 0 bridgehead atoms. The van der Waals surface area contributed by atoms with Crippen molar-refractivity contribution in [3.63, 3.8) is 0 Å². The monoisotopic (exact) mass is 385 g/mol. The summed E-state index contributed by atoms with van der Waals surface area (Å²) in [5, 5.41) is 0. The lowest BCUT2D eigenvalue weighted by atomic mass is 10.1. The summed E-state index contributed by atoms with van der Waals surface area (Å²) in [6.45, 7) is 0.243. The number of hydrogen-bond acceptors (Lipinski definition) is 4. The lowest BCUT2D eigenvalue weighted by Crippen LogP contribution is -2.33. The van der Waals surface area contributed by atoms with Crippen molar-refractivity contribution in [2.45, 2.75) is 19.4 Å². The molecule has 2 aromatic carbocycles. The van der Waals surface area contributed by atoms with E-state index < -0.39 is 21.5 Å². The van der Waals surface area contributed by atoms with Crippen LogP contribution in [0.3, 0.4) is 0 Å². The van der Waals surface area contributed by atoms with Gasteiger partial charge in [-0.05, 0) is 30.5 Å². The number of para-hydroxylation sites is 2. The lowest BCUT2D eigenvalue weighted by molar-refractivity contribution is -0.127. The molecule has 0 spiro atoms. The molecule has 3 aromatic rings. The molecule has 0 aliphatic carbocycles. The van der Waals surface area contributed by atoms with Crippen LogP contribution in [0.1, 0.15) is 17.8 Å². The predicted octanol–water partition coefficient (Wildman–Crippen LogP) is 2.57. The van der Waals surface area contributed by atoms with Crippen LogP contribution in [0.25, 0.3) is 11.0 Å². The maximum absolute atomic E-state index is 12.3. The van der Waals surface area contributed by atoms with Gasteiger partial charge in [0.15, 0.2) is 9.84 Å². The van der Waals surface area contributed by atoms with Crippen molar-refractivity contribution < 1.29 is 13.2 Å². The number of benzene rings is 2. The summed E-state index contributed by atoms with van der Waals surface area (Å²) >= 11 is 0. The number of imidazole rings is 1. The van der Waals surface area contributed by atoms with E-state index in [1.165, 1.54) is 4.90 Å². The quantitative estimate of drug-likeness (QED) is 0.646. The Kier molecular flexibility index (Phi) is 5.91. The Morgan fingerprint density at radius 2 is 1.78 bits per heavy atom. The number of aryl methyl sites for hydroxylation is 1. The third-order valence-electron chi connectivity index (χ3n) is 4.36. The van der Waals surface area contributed by atoms with Crippen LogP contribution in [0.2, 0.25) is 0 Å². The molecule has 3 rings (SSSR count). The number of H-pyrrole nitrogens is 1. The number of nitrogens with one attached hydrogen (secondary N) is 1. The minimum absolute atomic E-state index is 0.00606. The van der Waals surface area contributed by atoms with Crippen molar-refractivity contribution >= 4 is 26.8 Å². The van der Waals surface area contributed by atoms with Crippen molar-refractivity contribution in [3.05, 3.63) is 66.0 Å². The van der Waals surface area contributed by atoms with Gasteiger partial charge in [0, 0.05) is 7.05 Å². The van der Waals surface area contributed by atoms with Crippen LogP contribution in [-0.2, 0) is 27.6 Å². The Morgan fingerprint density at radius 1 is 1.07 bits per heavy atom. The van der Waals surface area contributed by atoms with Crippen LogP contribution in [0.4, 0.5) is 0 Å². The Morgan fingerprint density at radius 3 is 2.52 bits per heavy atom. The summed E-state index contributed by atoms with van der Waals surface area (Å²) in [5.74, 6) is -0.256. The van der Waals surface area contributed by atoms with Crippen LogP contribution in [-0.4, -0.2) is 47.7 Å². The molecule has 27 heavy (non-hydrogen) atoms. The van der Waals surface area contributed by atoms with Crippen molar-refractivity contribution in [1.29, 1.82) is 0 Å². The van der Waals surface area contributed by atoms with Gasteiger partial charge in [-0.25, -0.2) is 13.4 Å². The number of amides is 1. The van der Waals surface area contributed by atoms with Gasteiger partial charge in [0.1, 0.15) is 11.6 Å². The first kappa shape index (κ1) is 19.1. The first-order valence-electron chi connectivity index (χ1n) is 8.85.